The summed E-state index contributed by atoms with van der Waals surface area (Å²) in [6.45, 7) is 5.73. The zero-order valence-electron chi connectivity index (χ0n) is 18.4. The highest BCUT2D eigenvalue weighted by Crippen LogP contribution is 2.29. The van der Waals surface area contributed by atoms with Crippen LogP contribution in [0.15, 0.2) is 49.9 Å². The van der Waals surface area contributed by atoms with E-state index in [2.05, 4.69) is 10.2 Å². The zero-order chi connectivity index (χ0) is 23.0. The van der Waals surface area contributed by atoms with Crippen molar-refractivity contribution < 1.29 is 4.79 Å². The molecule has 0 saturated heterocycles. The maximum absolute atomic E-state index is 13.5. The average Bonchev–Trinajstić information content (AvgIpc) is 3.43. The molecule has 0 aliphatic carbocycles. The second-order valence-electron chi connectivity index (χ2n) is 7.28. The molecule has 0 saturated carbocycles. The first-order chi connectivity index (χ1) is 15.3. The Morgan fingerprint density at radius 3 is 2.41 bits per heavy atom. The van der Waals surface area contributed by atoms with Crippen LogP contribution in [0.25, 0.3) is 11.4 Å². The van der Waals surface area contributed by atoms with Crippen LogP contribution < -0.4 is 5.56 Å². The number of nitrogens with zero attached hydrogens (tertiary/aromatic N) is 5. The number of hydrogen-bond acceptors (Lipinski definition) is 7. The maximum Gasteiger partial charge on any atom is 0.295 e. The van der Waals surface area contributed by atoms with Crippen molar-refractivity contribution in [2.24, 2.45) is 7.05 Å². The van der Waals surface area contributed by atoms with Crippen LogP contribution in [0.2, 0.25) is 0 Å². The summed E-state index contributed by atoms with van der Waals surface area (Å²) in [5.74, 6) is 0.280. The first-order valence-corrected chi connectivity index (χ1v) is 12.9. The lowest BCUT2D eigenvalue weighted by Crippen LogP contribution is -2.22. The van der Waals surface area contributed by atoms with E-state index in [0.29, 0.717) is 11.3 Å². The highest BCUT2D eigenvalue weighted by Gasteiger charge is 2.23. The molecule has 32 heavy (non-hydrogen) atoms. The smallest absolute Gasteiger partial charge is 0.295 e. The van der Waals surface area contributed by atoms with Gasteiger partial charge in [0, 0.05) is 24.0 Å². The molecule has 7 nitrogen and oxygen atoms in total. The van der Waals surface area contributed by atoms with Crippen LogP contribution in [-0.2, 0) is 7.05 Å². The quantitative estimate of drug-likeness (QED) is 0.285. The maximum atomic E-state index is 13.5. The predicted octanol–water partition coefficient (Wildman–Crippen LogP) is 4.44. The Hall–Kier alpha value is -2.56. The van der Waals surface area contributed by atoms with E-state index in [4.69, 9.17) is 0 Å². The van der Waals surface area contributed by atoms with Gasteiger partial charge in [-0.25, -0.2) is 4.68 Å². The van der Waals surface area contributed by atoms with E-state index in [9.17, 15) is 9.59 Å². The third-order valence-corrected chi connectivity index (χ3v) is 8.40. The van der Waals surface area contributed by atoms with Crippen LogP contribution in [0.4, 0.5) is 0 Å². The summed E-state index contributed by atoms with van der Waals surface area (Å²) >= 11 is 4.42. The molecule has 3 heterocycles. The van der Waals surface area contributed by atoms with Gasteiger partial charge in [0.2, 0.25) is 0 Å². The Labute approximate surface area is 198 Å². The van der Waals surface area contributed by atoms with Crippen LogP contribution in [0, 0.1) is 20.8 Å². The van der Waals surface area contributed by atoms with Gasteiger partial charge in [0.05, 0.1) is 17.1 Å². The van der Waals surface area contributed by atoms with E-state index in [0.717, 1.165) is 31.4 Å². The molecule has 0 bridgehead atoms. The highest BCUT2D eigenvalue weighted by molar-refractivity contribution is 8.03. The van der Waals surface area contributed by atoms with Crippen LogP contribution >= 0.6 is 34.9 Å². The number of Topliss-reactive ketones (excluding diaryl/α,β-unsaturated/α-hetero) is 1. The van der Waals surface area contributed by atoms with Gasteiger partial charge in [-0.05, 0) is 45.2 Å². The molecule has 0 N–H and O–H groups in total. The number of hydrogen-bond donors (Lipinski definition) is 0. The molecule has 0 unspecified atom stereocenters. The Morgan fingerprint density at radius 2 is 1.75 bits per heavy atom. The van der Waals surface area contributed by atoms with Crippen molar-refractivity contribution >= 4 is 40.6 Å². The second-order valence-corrected chi connectivity index (χ2v) is 10.5. The number of carbonyl (C=O) groups excluding carboxylic acids is 1. The van der Waals surface area contributed by atoms with E-state index in [1.807, 2.05) is 79.7 Å². The second kappa shape index (κ2) is 9.13. The van der Waals surface area contributed by atoms with Gasteiger partial charge in [-0.3, -0.25) is 14.3 Å². The van der Waals surface area contributed by atoms with Crippen LogP contribution in [-0.4, -0.2) is 41.9 Å². The summed E-state index contributed by atoms with van der Waals surface area (Å²) in [7, 11) is 1.87. The van der Waals surface area contributed by atoms with E-state index >= 15 is 0 Å². The third kappa shape index (κ3) is 3.98. The molecule has 3 aromatic heterocycles. The lowest BCUT2D eigenvalue weighted by Gasteiger charge is -2.08. The summed E-state index contributed by atoms with van der Waals surface area (Å²) in [5, 5.41) is 8.19. The summed E-state index contributed by atoms with van der Waals surface area (Å²) in [4.78, 5) is 26.5. The van der Waals surface area contributed by atoms with Gasteiger partial charge in [-0.2, -0.15) is 0 Å². The summed E-state index contributed by atoms with van der Waals surface area (Å²) in [6.07, 6.45) is 1.95. The number of benzene rings is 1. The zero-order valence-corrected chi connectivity index (χ0v) is 20.9. The highest BCUT2D eigenvalue weighted by atomic mass is 32.2. The van der Waals surface area contributed by atoms with Crippen molar-refractivity contribution in [2.75, 3.05) is 12.0 Å². The lowest BCUT2D eigenvalue weighted by atomic mass is 10.2. The Bertz CT molecular complexity index is 1350. The van der Waals surface area contributed by atoms with Crippen molar-refractivity contribution in [3.8, 4) is 11.4 Å². The predicted molar refractivity (Wildman–Crippen MR) is 131 cm³/mol. The van der Waals surface area contributed by atoms with Crippen molar-refractivity contribution in [3.63, 3.8) is 0 Å². The fourth-order valence-corrected chi connectivity index (χ4v) is 6.07. The van der Waals surface area contributed by atoms with Gasteiger partial charge >= 0.3 is 0 Å². The van der Waals surface area contributed by atoms with E-state index < -0.39 is 0 Å². The normalized spacial score (nSPS) is 11.3. The number of aromatic nitrogens is 5. The molecule has 0 spiro atoms. The Balaban J connectivity index is 1.69. The lowest BCUT2D eigenvalue weighted by molar-refractivity contribution is 0.102. The molecule has 0 aliphatic rings. The fraction of sp³-hybridized carbons (Fsp3) is 0.273. The first-order valence-electron chi connectivity index (χ1n) is 9.90. The number of rotatable bonds is 7. The molecule has 0 radical (unpaired) electrons. The number of para-hydroxylation sites is 1. The fourth-order valence-electron chi connectivity index (χ4n) is 3.74. The van der Waals surface area contributed by atoms with Gasteiger partial charge in [0.25, 0.3) is 5.56 Å². The van der Waals surface area contributed by atoms with E-state index in [-0.39, 0.29) is 17.1 Å². The van der Waals surface area contributed by atoms with Crippen molar-refractivity contribution in [3.05, 3.63) is 69.4 Å². The van der Waals surface area contributed by atoms with Crippen molar-refractivity contribution in [1.82, 2.24) is 24.1 Å². The SMILES string of the molecule is CSc1nnc(SCC(=O)c2cc(C)n(-c3c(C)n(C)n(-c4ccccc4)c3=O)c2C)s1. The van der Waals surface area contributed by atoms with E-state index in [1.165, 1.54) is 34.9 Å². The molecule has 4 rings (SSSR count). The molecule has 0 fully saturated rings. The summed E-state index contributed by atoms with van der Waals surface area (Å²) in [6, 6.07) is 11.4. The molecule has 10 heteroatoms. The number of aryl methyl sites for hydroxylation is 1. The molecular weight excluding hydrogens is 462 g/mol. The first kappa shape index (κ1) is 22.6. The van der Waals surface area contributed by atoms with Gasteiger partial charge < -0.3 is 4.57 Å². The van der Waals surface area contributed by atoms with Crippen molar-refractivity contribution in [1.29, 1.82) is 0 Å². The largest absolute Gasteiger partial charge is 0.311 e. The number of carbonyl (C=O) groups is 1. The topological polar surface area (TPSA) is 74.7 Å². The molecule has 0 atom stereocenters. The van der Waals surface area contributed by atoms with Gasteiger partial charge in [-0.15, -0.1) is 10.2 Å². The van der Waals surface area contributed by atoms with Crippen LogP contribution in [0.5, 0.6) is 0 Å². The molecule has 166 valence electrons. The summed E-state index contributed by atoms with van der Waals surface area (Å²) < 4.78 is 7.06. The van der Waals surface area contributed by atoms with Crippen LogP contribution in [0.1, 0.15) is 27.4 Å². The molecule has 1 aromatic carbocycles. The number of ketones is 1. The number of thioether (sulfide) groups is 2. The minimum atomic E-state index is -0.121. The average molecular weight is 486 g/mol. The third-order valence-electron chi connectivity index (χ3n) is 5.37. The molecule has 0 amide bonds. The Morgan fingerprint density at radius 1 is 1.06 bits per heavy atom. The van der Waals surface area contributed by atoms with Gasteiger partial charge in [-0.1, -0.05) is 53.1 Å². The van der Waals surface area contributed by atoms with Crippen molar-refractivity contribution in [2.45, 2.75) is 29.5 Å². The Kier molecular flexibility index (Phi) is 6.45. The minimum Gasteiger partial charge on any atom is -0.311 e. The summed E-state index contributed by atoms with van der Waals surface area (Å²) in [5.41, 5.74) is 4.30. The molecule has 0 aliphatic heterocycles. The van der Waals surface area contributed by atoms with E-state index in [1.54, 1.807) is 4.68 Å². The molecule has 4 aromatic rings. The standard InChI is InChI=1S/C22H23N5O2S3/c1-13-11-17(18(28)12-31-22-24-23-21(30-5)32-22)14(2)26(13)19-15(3)25(4)27(20(19)29)16-9-7-6-8-10-16/h6-11H,12H2,1-5H3. The van der Waals surface area contributed by atoms with Crippen LogP contribution in [0.3, 0.4) is 0 Å². The minimum absolute atomic E-state index is 0.00669. The van der Waals surface area contributed by atoms with Gasteiger partial charge in [0.15, 0.2) is 14.5 Å². The monoisotopic (exact) mass is 485 g/mol. The van der Waals surface area contributed by atoms with Gasteiger partial charge in [0.1, 0.15) is 5.69 Å². The molecular formula is C22H23N5O2S3.